The molecule has 1 aromatic carbocycles. The first kappa shape index (κ1) is 15.1. The van der Waals surface area contributed by atoms with Gasteiger partial charge in [0, 0.05) is 15.4 Å². The van der Waals surface area contributed by atoms with Crippen LogP contribution in [0, 0.1) is 0 Å². The maximum atomic E-state index is 11.5. The van der Waals surface area contributed by atoms with Gasteiger partial charge in [0.1, 0.15) is 0 Å². The Balaban J connectivity index is 2.41. The van der Waals surface area contributed by atoms with Crippen molar-refractivity contribution in [1.82, 2.24) is 0 Å². The number of nitrogens with zero attached hydrogens (tertiary/aromatic N) is 1. The number of hydrogen-bond acceptors (Lipinski definition) is 3. The van der Waals surface area contributed by atoms with E-state index in [2.05, 4.69) is 40.7 Å². The van der Waals surface area contributed by atoms with E-state index >= 15 is 0 Å². The van der Waals surface area contributed by atoms with Crippen molar-refractivity contribution in [3.05, 3.63) is 50.6 Å². The van der Waals surface area contributed by atoms with Crippen LogP contribution in [0.3, 0.4) is 0 Å². The molecular weight excluding hydrogens is 338 g/mol. The topological polar surface area (TPSA) is 40.5 Å². The molecule has 1 aromatic heterocycles. The van der Waals surface area contributed by atoms with Crippen LogP contribution < -0.4 is 4.90 Å². The fourth-order valence-corrected chi connectivity index (χ4v) is 3.11. The van der Waals surface area contributed by atoms with Gasteiger partial charge in [-0.15, -0.1) is 11.3 Å². The zero-order valence-corrected chi connectivity index (χ0v) is 13.7. The summed E-state index contributed by atoms with van der Waals surface area (Å²) in [6.45, 7) is 4.86. The van der Waals surface area contributed by atoms with Gasteiger partial charge in [0.05, 0.1) is 17.8 Å². The number of rotatable bonds is 5. The van der Waals surface area contributed by atoms with Gasteiger partial charge in [-0.3, -0.25) is 0 Å². The fraction of sp³-hybridized carbons (Fsp3) is 0.267. The van der Waals surface area contributed by atoms with E-state index in [1.165, 1.54) is 4.88 Å². The average Bonchev–Trinajstić information content (AvgIpc) is 2.89. The molecule has 0 spiro atoms. The van der Waals surface area contributed by atoms with Crippen molar-refractivity contribution in [3.8, 4) is 0 Å². The zero-order valence-electron chi connectivity index (χ0n) is 11.3. The quantitative estimate of drug-likeness (QED) is 0.852. The minimum absolute atomic E-state index is 0.219. The SMILES string of the molecule is CC(C)N(Cc1cccs1)c1ccc(Br)cc1C(=O)O. The first-order valence-corrected chi connectivity index (χ1v) is 7.98. The summed E-state index contributed by atoms with van der Waals surface area (Å²) >= 11 is 5.01. The number of carbonyl (C=O) groups is 1. The van der Waals surface area contributed by atoms with Gasteiger partial charge in [-0.1, -0.05) is 22.0 Å². The third kappa shape index (κ3) is 3.41. The molecular formula is C15H16BrNO2S. The standard InChI is InChI=1S/C15H16BrNO2S/c1-10(2)17(9-12-4-3-7-20-12)14-6-5-11(16)8-13(14)15(18)19/h3-8,10H,9H2,1-2H3,(H,18,19). The molecule has 2 rings (SSSR count). The molecule has 5 heteroatoms. The van der Waals surface area contributed by atoms with E-state index < -0.39 is 5.97 Å². The first-order chi connectivity index (χ1) is 9.49. The highest BCUT2D eigenvalue weighted by Gasteiger charge is 2.19. The summed E-state index contributed by atoms with van der Waals surface area (Å²) in [5.74, 6) is -0.905. The highest BCUT2D eigenvalue weighted by Crippen LogP contribution is 2.28. The molecule has 0 aliphatic rings. The molecule has 1 heterocycles. The molecule has 106 valence electrons. The van der Waals surface area contributed by atoms with Crippen LogP contribution in [0.2, 0.25) is 0 Å². The lowest BCUT2D eigenvalue weighted by atomic mass is 10.1. The normalized spacial score (nSPS) is 10.8. The Kier molecular flexibility index (Phi) is 4.83. The number of hydrogen-bond donors (Lipinski definition) is 1. The van der Waals surface area contributed by atoms with Crippen molar-refractivity contribution in [1.29, 1.82) is 0 Å². The second-order valence-corrected chi connectivity index (χ2v) is 6.72. The highest BCUT2D eigenvalue weighted by atomic mass is 79.9. The van der Waals surface area contributed by atoms with Gasteiger partial charge in [0.2, 0.25) is 0 Å². The molecule has 0 bridgehead atoms. The summed E-state index contributed by atoms with van der Waals surface area (Å²) in [5.41, 5.74) is 1.08. The number of aromatic carboxylic acids is 1. The average molecular weight is 354 g/mol. The van der Waals surface area contributed by atoms with Crippen molar-refractivity contribution < 1.29 is 9.90 Å². The maximum absolute atomic E-state index is 11.5. The third-order valence-electron chi connectivity index (χ3n) is 3.03. The fourth-order valence-electron chi connectivity index (χ4n) is 2.05. The molecule has 0 saturated heterocycles. The van der Waals surface area contributed by atoms with Gasteiger partial charge < -0.3 is 10.0 Å². The summed E-state index contributed by atoms with van der Waals surface area (Å²) in [6.07, 6.45) is 0. The monoisotopic (exact) mass is 353 g/mol. The maximum Gasteiger partial charge on any atom is 0.337 e. The highest BCUT2D eigenvalue weighted by molar-refractivity contribution is 9.10. The van der Waals surface area contributed by atoms with Crippen LogP contribution in [0.4, 0.5) is 5.69 Å². The Morgan fingerprint density at radius 1 is 1.40 bits per heavy atom. The summed E-state index contributed by atoms with van der Waals surface area (Å²) in [7, 11) is 0. The van der Waals surface area contributed by atoms with E-state index in [-0.39, 0.29) is 6.04 Å². The molecule has 3 nitrogen and oxygen atoms in total. The first-order valence-electron chi connectivity index (χ1n) is 6.31. The minimum Gasteiger partial charge on any atom is -0.478 e. The number of thiophene rings is 1. The summed E-state index contributed by atoms with van der Waals surface area (Å²) < 4.78 is 0.776. The molecule has 0 atom stereocenters. The molecule has 0 aliphatic carbocycles. The zero-order chi connectivity index (χ0) is 14.7. The molecule has 0 saturated carbocycles. The van der Waals surface area contributed by atoms with Crippen molar-refractivity contribution in [2.45, 2.75) is 26.4 Å². The van der Waals surface area contributed by atoms with Crippen LogP contribution in [0.25, 0.3) is 0 Å². The molecule has 0 unspecified atom stereocenters. The molecule has 2 aromatic rings. The van der Waals surface area contributed by atoms with Crippen molar-refractivity contribution in [3.63, 3.8) is 0 Å². The van der Waals surface area contributed by atoms with E-state index in [0.29, 0.717) is 5.56 Å². The Morgan fingerprint density at radius 3 is 2.70 bits per heavy atom. The number of benzene rings is 1. The second kappa shape index (κ2) is 6.41. The Hall–Kier alpha value is -1.33. The molecule has 0 fully saturated rings. The number of anilines is 1. The van der Waals surface area contributed by atoms with Crippen LogP contribution in [0.15, 0.2) is 40.2 Å². The molecule has 0 aliphatic heterocycles. The predicted octanol–water partition coefficient (Wildman–Crippen LogP) is 4.62. The van der Waals surface area contributed by atoms with Crippen LogP contribution in [-0.2, 0) is 6.54 Å². The van der Waals surface area contributed by atoms with E-state index in [1.807, 2.05) is 23.6 Å². The van der Waals surface area contributed by atoms with Gasteiger partial charge in [-0.05, 0) is 43.5 Å². The van der Waals surface area contributed by atoms with E-state index in [1.54, 1.807) is 17.4 Å². The van der Waals surface area contributed by atoms with Gasteiger partial charge >= 0.3 is 5.97 Å². The molecule has 1 N–H and O–H groups in total. The Bertz CT molecular complexity index is 596. The lowest BCUT2D eigenvalue weighted by Gasteiger charge is -2.30. The van der Waals surface area contributed by atoms with E-state index in [0.717, 1.165) is 16.7 Å². The summed E-state index contributed by atoms with van der Waals surface area (Å²) in [4.78, 5) is 14.8. The number of halogens is 1. The van der Waals surface area contributed by atoms with Crippen LogP contribution in [0.1, 0.15) is 29.1 Å². The van der Waals surface area contributed by atoms with Crippen LogP contribution in [0.5, 0.6) is 0 Å². The Labute approximate surface area is 131 Å². The van der Waals surface area contributed by atoms with E-state index in [9.17, 15) is 9.90 Å². The van der Waals surface area contributed by atoms with Crippen LogP contribution in [-0.4, -0.2) is 17.1 Å². The van der Waals surface area contributed by atoms with Gasteiger partial charge in [-0.25, -0.2) is 4.79 Å². The third-order valence-corrected chi connectivity index (χ3v) is 4.38. The predicted molar refractivity (Wildman–Crippen MR) is 86.7 cm³/mol. The van der Waals surface area contributed by atoms with Crippen LogP contribution >= 0.6 is 27.3 Å². The second-order valence-electron chi connectivity index (χ2n) is 4.77. The smallest absolute Gasteiger partial charge is 0.337 e. The lowest BCUT2D eigenvalue weighted by molar-refractivity contribution is 0.0697. The lowest BCUT2D eigenvalue weighted by Crippen LogP contribution is -2.31. The van der Waals surface area contributed by atoms with Crippen molar-refractivity contribution in [2.24, 2.45) is 0 Å². The number of carboxylic acids is 1. The van der Waals surface area contributed by atoms with Gasteiger partial charge in [0.25, 0.3) is 0 Å². The van der Waals surface area contributed by atoms with Gasteiger partial charge in [-0.2, -0.15) is 0 Å². The largest absolute Gasteiger partial charge is 0.478 e. The number of carboxylic acid groups (broad SMARTS) is 1. The molecule has 0 amide bonds. The van der Waals surface area contributed by atoms with Gasteiger partial charge in [0.15, 0.2) is 0 Å². The molecule has 0 radical (unpaired) electrons. The summed E-state index contributed by atoms with van der Waals surface area (Å²) in [6, 6.07) is 9.70. The van der Waals surface area contributed by atoms with E-state index in [4.69, 9.17) is 0 Å². The Morgan fingerprint density at radius 2 is 2.15 bits per heavy atom. The minimum atomic E-state index is -0.905. The molecule has 20 heavy (non-hydrogen) atoms. The van der Waals surface area contributed by atoms with Crippen molar-refractivity contribution in [2.75, 3.05) is 4.90 Å². The summed E-state index contributed by atoms with van der Waals surface area (Å²) in [5, 5.41) is 11.4. The van der Waals surface area contributed by atoms with Crippen molar-refractivity contribution >= 4 is 38.9 Å².